The predicted molar refractivity (Wildman–Crippen MR) is 74.6 cm³/mol. The summed E-state index contributed by atoms with van der Waals surface area (Å²) in [5.41, 5.74) is 6.65. The van der Waals surface area contributed by atoms with Crippen molar-refractivity contribution in [2.75, 3.05) is 26.2 Å². The molecule has 0 saturated carbocycles. The van der Waals surface area contributed by atoms with Crippen LogP contribution in [0.3, 0.4) is 0 Å². The third-order valence-corrected chi connectivity index (χ3v) is 3.57. The highest BCUT2D eigenvalue weighted by atomic mass is 16.5. The van der Waals surface area contributed by atoms with E-state index in [2.05, 4.69) is 0 Å². The first kappa shape index (κ1) is 14.0. The molecule has 1 saturated heterocycles. The maximum atomic E-state index is 12.3. The molecule has 0 bridgehead atoms. The number of carbonyl (C=O) groups is 1. The molecule has 4 nitrogen and oxygen atoms in total. The molecule has 1 aliphatic rings. The summed E-state index contributed by atoms with van der Waals surface area (Å²) >= 11 is 0. The molecule has 2 N–H and O–H groups in total. The van der Waals surface area contributed by atoms with Crippen molar-refractivity contribution >= 4 is 5.91 Å². The molecule has 1 aromatic rings. The Kier molecular flexibility index (Phi) is 4.93. The SMILES string of the molecule is CC(CCN)C(=O)N1CCOC(c2ccccc2)C1. The molecule has 1 heterocycles. The van der Waals surface area contributed by atoms with E-state index in [1.807, 2.05) is 42.2 Å². The molecule has 0 radical (unpaired) electrons. The van der Waals surface area contributed by atoms with Gasteiger partial charge in [0, 0.05) is 12.5 Å². The van der Waals surface area contributed by atoms with Gasteiger partial charge in [-0.05, 0) is 18.5 Å². The molecule has 1 aliphatic heterocycles. The van der Waals surface area contributed by atoms with Crippen LogP contribution in [0.5, 0.6) is 0 Å². The normalized spacial score (nSPS) is 21.2. The molecule has 0 spiro atoms. The Balaban J connectivity index is 1.99. The maximum absolute atomic E-state index is 12.3. The zero-order valence-corrected chi connectivity index (χ0v) is 11.4. The molecule has 4 heteroatoms. The van der Waals surface area contributed by atoms with E-state index in [1.165, 1.54) is 0 Å². The van der Waals surface area contributed by atoms with Crippen molar-refractivity contribution in [3.63, 3.8) is 0 Å². The Bertz CT molecular complexity index is 408. The predicted octanol–water partition coefficient (Wildman–Crippen LogP) is 1.57. The summed E-state index contributed by atoms with van der Waals surface area (Å²) in [7, 11) is 0. The van der Waals surface area contributed by atoms with Crippen molar-refractivity contribution in [3.8, 4) is 0 Å². The van der Waals surface area contributed by atoms with E-state index in [0.29, 0.717) is 26.2 Å². The van der Waals surface area contributed by atoms with Crippen LogP contribution in [-0.4, -0.2) is 37.0 Å². The fourth-order valence-corrected chi connectivity index (χ4v) is 2.40. The van der Waals surface area contributed by atoms with Gasteiger partial charge in [0.2, 0.25) is 5.91 Å². The average molecular weight is 262 g/mol. The van der Waals surface area contributed by atoms with Gasteiger partial charge in [-0.2, -0.15) is 0 Å². The molecular formula is C15H22N2O2. The number of carbonyl (C=O) groups excluding carboxylic acids is 1. The lowest BCUT2D eigenvalue weighted by molar-refractivity contribution is -0.143. The standard InChI is InChI=1S/C15H22N2O2/c1-12(7-8-16)15(18)17-9-10-19-14(11-17)13-5-3-2-4-6-13/h2-6,12,14H,7-11,16H2,1H3. The highest BCUT2D eigenvalue weighted by Gasteiger charge is 2.27. The van der Waals surface area contributed by atoms with Crippen molar-refractivity contribution in [2.45, 2.75) is 19.4 Å². The van der Waals surface area contributed by atoms with Crippen LogP contribution in [0.25, 0.3) is 0 Å². The van der Waals surface area contributed by atoms with Crippen molar-refractivity contribution < 1.29 is 9.53 Å². The number of amides is 1. The summed E-state index contributed by atoms with van der Waals surface area (Å²) in [6.45, 7) is 4.41. The topological polar surface area (TPSA) is 55.6 Å². The van der Waals surface area contributed by atoms with Crippen molar-refractivity contribution in [3.05, 3.63) is 35.9 Å². The number of morpholine rings is 1. The van der Waals surface area contributed by atoms with Gasteiger partial charge in [0.25, 0.3) is 0 Å². The first-order chi connectivity index (χ1) is 9.22. The summed E-state index contributed by atoms with van der Waals surface area (Å²) in [6.07, 6.45) is 0.732. The number of nitrogens with two attached hydrogens (primary N) is 1. The van der Waals surface area contributed by atoms with Crippen LogP contribution in [-0.2, 0) is 9.53 Å². The van der Waals surface area contributed by atoms with Gasteiger partial charge in [0.05, 0.1) is 13.2 Å². The second-order valence-electron chi connectivity index (χ2n) is 5.03. The Labute approximate surface area is 114 Å². The third kappa shape index (κ3) is 3.55. The van der Waals surface area contributed by atoms with Crippen LogP contribution >= 0.6 is 0 Å². The molecule has 1 fully saturated rings. The van der Waals surface area contributed by atoms with Crippen LogP contribution in [0.15, 0.2) is 30.3 Å². The molecule has 104 valence electrons. The van der Waals surface area contributed by atoms with E-state index in [-0.39, 0.29) is 17.9 Å². The number of nitrogens with zero attached hydrogens (tertiary/aromatic N) is 1. The van der Waals surface area contributed by atoms with Gasteiger partial charge in [-0.1, -0.05) is 37.3 Å². The zero-order valence-electron chi connectivity index (χ0n) is 11.4. The minimum Gasteiger partial charge on any atom is -0.370 e. The molecule has 19 heavy (non-hydrogen) atoms. The van der Waals surface area contributed by atoms with Gasteiger partial charge in [0.15, 0.2) is 0 Å². The van der Waals surface area contributed by atoms with E-state index in [1.54, 1.807) is 0 Å². The largest absolute Gasteiger partial charge is 0.370 e. The summed E-state index contributed by atoms with van der Waals surface area (Å²) < 4.78 is 5.77. The van der Waals surface area contributed by atoms with Crippen LogP contribution in [0.2, 0.25) is 0 Å². The summed E-state index contributed by atoms with van der Waals surface area (Å²) in [5, 5.41) is 0. The number of rotatable bonds is 4. The van der Waals surface area contributed by atoms with Crippen molar-refractivity contribution in [1.82, 2.24) is 4.90 Å². The Morgan fingerprint density at radius 2 is 2.21 bits per heavy atom. The number of benzene rings is 1. The van der Waals surface area contributed by atoms with E-state index in [9.17, 15) is 4.79 Å². The fourth-order valence-electron chi connectivity index (χ4n) is 2.40. The lowest BCUT2D eigenvalue weighted by Crippen LogP contribution is -2.44. The number of hydrogen-bond donors (Lipinski definition) is 1. The molecule has 2 unspecified atom stereocenters. The van der Waals surface area contributed by atoms with Crippen LogP contribution in [0, 0.1) is 5.92 Å². The van der Waals surface area contributed by atoms with E-state index < -0.39 is 0 Å². The van der Waals surface area contributed by atoms with Crippen LogP contribution < -0.4 is 5.73 Å². The van der Waals surface area contributed by atoms with Gasteiger partial charge in [-0.25, -0.2) is 0 Å². The first-order valence-electron chi connectivity index (χ1n) is 6.87. The Morgan fingerprint density at radius 3 is 2.89 bits per heavy atom. The lowest BCUT2D eigenvalue weighted by atomic mass is 10.0. The Morgan fingerprint density at radius 1 is 1.47 bits per heavy atom. The molecule has 1 amide bonds. The number of hydrogen-bond acceptors (Lipinski definition) is 3. The molecule has 1 aromatic carbocycles. The monoisotopic (exact) mass is 262 g/mol. The highest BCUT2D eigenvalue weighted by Crippen LogP contribution is 2.23. The van der Waals surface area contributed by atoms with Gasteiger partial charge in [0.1, 0.15) is 6.10 Å². The molecule has 2 atom stereocenters. The number of ether oxygens (including phenoxy) is 1. The summed E-state index contributed by atoms with van der Waals surface area (Å²) in [5.74, 6) is 0.189. The highest BCUT2D eigenvalue weighted by molar-refractivity contribution is 5.78. The van der Waals surface area contributed by atoms with Gasteiger partial charge in [-0.3, -0.25) is 4.79 Å². The quantitative estimate of drug-likeness (QED) is 0.896. The minimum atomic E-state index is -0.0102. The lowest BCUT2D eigenvalue weighted by Gasteiger charge is -2.34. The second kappa shape index (κ2) is 6.68. The Hall–Kier alpha value is -1.39. The van der Waals surface area contributed by atoms with Gasteiger partial charge < -0.3 is 15.4 Å². The molecule has 0 aromatic heterocycles. The van der Waals surface area contributed by atoms with Gasteiger partial charge >= 0.3 is 0 Å². The molecule has 0 aliphatic carbocycles. The summed E-state index contributed by atoms with van der Waals surface area (Å²) in [4.78, 5) is 14.2. The first-order valence-corrected chi connectivity index (χ1v) is 6.87. The minimum absolute atomic E-state index is 0.000441. The van der Waals surface area contributed by atoms with Crippen molar-refractivity contribution in [1.29, 1.82) is 0 Å². The van der Waals surface area contributed by atoms with Crippen molar-refractivity contribution in [2.24, 2.45) is 11.7 Å². The van der Waals surface area contributed by atoms with Gasteiger partial charge in [-0.15, -0.1) is 0 Å². The van der Waals surface area contributed by atoms with Crippen LogP contribution in [0.1, 0.15) is 25.0 Å². The van der Waals surface area contributed by atoms with E-state index in [4.69, 9.17) is 10.5 Å². The van der Waals surface area contributed by atoms with E-state index in [0.717, 1.165) is 12.0 Å². The van der Waals surface area contributed by atoms with Crippen LogP contribution in [0.4, 0.5) is 0 Å². The second-order valence-corrected chi connectivity index (χ2v) is 5.03. The van der Waals surface area contributed by atoms with E-state index >= 15 is 0 Å². The summed E-state index contributed by atoms with van der Waals surface area (Å²) in [6, 6.07) is 10.1. The smallest absolute Gasteiger partial charge is 0.225 e. The fraction of sp³-hybridized carbons (Fsp3) is 0.533. The molecular weight excluding hydrogens is 240 g/mol. The third-order valence-electron chi connectivity index (χ3n) is 3.57. The maximum Gasteiger partial charge on any atom is 0.225 e. The zero-order chi connectivity index (χ0) is 13.7. The average Bonchev–Trinajstić information content (AvgIpc) is 2.48. The molecule has 2 rings (SSSR count).